The van der Waals surface area contributed by atoms with Crippen molar-refractivity contribution in [3.63, 3.8) is 0 Å². The first-order chi connectivity index (χ1) is 11.5. The maximum Gasteiger partial charge on any atom is 0.274 e. The summed E-state index contributed by atoms with van der Waals surface area (Å²) in [5.74, 6) is 1.67. The fourth-order valence-electron chi connectivity index (χ4n) is 1.85. The van der Waals surface area contributed by atoms with E-state index >= 15 is 0 Å². The van der Waals surface area contributed by atoms with Crippen LogP contribution in [0.3, 0.4) is 0 Å². The minimum atomic E-state index is -0.289. The summed E-state index contributed by atoms with van der Waals surface area (Å²) in [4.78, 5) is 14.0. The predicted molar refractivity (Wildman–Crippen MR) is 94.6 cm³/mol. The summed E-state index contributed by atoms with van der Waals surface area (Å²) < 4.78 is 5.69. The molecule has 0 fully saturated rings. The molecular weight excluding hydrogens is 306 g/mol. The van der Waals surface area contributed by atoms with E-state index in [9.17, 15) is 4.79 Å². The Balaban J connectivity index is 1.97. The van der Waals surface area contributed by atoms with Gasteiger partial charge in [0.25, 0.3) is 5.56 Å². The van der Waals surface area contributed by atoms with Crippen molar-refractivity contribution < 1.29 is 4.74 Å². The Kier molecular flexibility index (Phi) is 6.06. The monoisotopic (exact) mass is 329 g/mol. The fourth-order valence-corrected chi connectivity index (χ4v) is 1.85. The van der Waals surface area contributed by atoms with Crippen molar-refractivity contribution in [2.75, 3.05) is 12.0 Å². The molecule has 0 saturated heterocycles. The van der Waals surface area contributed by atoms with Gasteiger partial charge in [0.1, 0.15) is 11.4 Å². The van der Waals surface area contributed by atoms with Gasteiger partial charge in [-0.15, -0.1) is 10.2 Å². The van der Waals surface area contributed by atoms with Gasteiger partial charge < -0.3 is 4.74 Å². The number of aryl methyl sites for hydroxylation is 1. The summed E-state index contributed by atoms with van der Waals surface area (Å²) in [6, 6.07) is 7.72. The smallest absolute Gasteiger partial charge is 0.274 e. The number of ether oxygens (including phenoxy) is 1. The number of benzene rings is 1. The van der Waals surface area contributed by atoms with Crippen molar-refractivity contribution in [3.05, 3.63) is 45.9 Å². The van der Waals surface area contributed by atoms with Gasteiger partial charge in [0.15, 0.2) is 0 Å². The molecule has 7 heteroatoms. The van der Waals surface area contributed by atoms with E-state index in [-0.39, 0.29) is 11.5 Å². The summed E-state index contributed by atoms with van der Waals surface area (Å²) >= 11 is 0. The average molecular weight is 329 g/mol. The molecular formula is C17H23N5O2. The van der Waals surface area contributed by atoms with Gasteiger partial charge in [-0.2, -0.15) is 5.10 Å². The zero-order valence-corrected chi connectivity index (χ0v) is 14.5. The molecule has 0 amide bonds. The number of H-pyrrole nitrogens is 1. The summed E-state index contributed by atoms with van der Waals surface area (Å²) in [5.41, 5.74) is 4.43. The lowest BCUT2D eigenvalue weighted by atomic mass is 10.1. The first-order valence-corrected chi connectivity index (χ1v) is 7.93. The molecule has 2 rings (SSSR count). The third-order valence-electron chi connectivity index (χ3n) is 3.43. The Hall–Kier alpha value is -2.70. The molecule has 7 nitrogen and oxygen atoms in total. The minimum Gasteiger partial charge on any atom is -0.494 e. The first kappa shape index (κ1) is 17.7. The Labute approximate surface area is 141 Å². The lowest BCUT2D eigenvalue weighted by Gasteiger charge is -2.09. The van der Waals surface area contributed by atoms with E-state index in [1.807, 2.05) is 31.2 Å². The van der Waals surface area contributed by atoms with Gasteiger partial charge in [0, 0.05) is 0 Å². The molecule has 0 aliphatic rings. The Morgan fingerprint density at radius 3 is 2.62 bits per heavy atom. The molecule has 0 radical (unpaired) electrons. The molecule has 1 aromatic carbocycles. The van der Waals surface area contributed by atoms with Gasteiger partial charge in [-0.05, 0) is 56.0 Å². The van der Waals surface area contributed by atoms with Crippen LogP contribution < -0.4 is 15.7 Å². The average Bonchev–Trinajstić information content (AvgIpc) is 2.56. The molecule has 24 heavy (non-hydrogen) atoms. The number of hydrogen-bond donors (Lipinski definition) is 2. The second-order valence-corrected chi connectivity index (χ2v) is 5.95. The number of nitrogens with one attached hydrogen (secondary N) is 2. The largest absolute Gasteiger partial charge is 0.494 e. The third kappa shape index (κ3) is 5.19. The van der Waals surface area contributed by atoms with Gasteiger partial charge >= 0.3 is 0 Å². The lowest BCUT2D eigenvalue weighted by Crippen LogP contribution is -2.16. The van der Waals surface area contributed by atoms with Crippen molar-refractivity contribution in [1.82, 2.24) is 15.2 Å². The number of nitrogens with zero attached hydrogens (tertiary/aromatic N) is 3. The number of hydrogen-bond acceptors (Lipinski definition) is 6. The summed E-state index contributed by atoms with van der Waals surface area (Å²) in [6.07, 6.45) is 1.03. The topological polar surface area (TPSA) is 92.3 Å². The van der Waals surface area contributed by atoms with E-state index in [0.717, 1.165) is 23.4 Å². The van der Waals surface area contributed by atoms with Crippen molar-refractivity contribution >= 4 is 11.7 Å². The number of rotatable bonds is 7. The Morgan fingerprint density at radius 1 is 1.29 bits per heavy atom. The third-order valence-corrected chi connectivity index (χ3v) is 3.43. The van der Waals surface area contributed by atoms with Crippen LogP contribution in [0.2, 0.25) is 0 Å². The van der Waals surface area contributed by atoms with Crippen LogP contribution in [0.15, 0.2) is 34.2 Å². The molecule has 0 aliphatic heterocycles. The second kappa shape index (κ2) is 8.24. The Bertz CT molecular complexity index is 750. The quantitative estimate of drug-likeness (QED) is 0.602. The van der Waals surface area contributed by atoms with Gasteiger partial charge in [0.05, 0.1) is 12.3 Å². The SMILES string of the molecule is C/C(=N/Nc1nnc(C)c(=O)[nH]1)c1ccc(OCCC(C)C)cc1. The number of aromatic nitrogens is 3. The van der Waals surface area contributed by atoms with Crippen LogP contribution in [0.5, 0.6) is 5.75 Å². The summed E-state index contributed by atoms with van der Waals surface area (Å²) in [7, 11) is 0. The van der Waals surface area contributed by atoms with E-state index in [1.54, 1.807) is 6.92 Å². The molecule has 1 aromatic heterocycles. The molecule has 0 spiro atoms. The molecule has 0 atom stereocenters. The normalized spacial score (nSPS) is 11.6. The lowest BCUT2D eigenvalue weighted by molar-refractivity contribution is 0.289. The van der Waals surface area contributed by atoms with Crippen LogP contribution in [0.4, 0.5) is 5.95 Å². The van der Waals surface area contributed by atoms with Gasteiger partial charge in [0.2, 0.25) is 5.95 Å². The standard InChI is InChI=1S/C17H23N5O2/c1-11(2)9-10-24-15-7-5-14(6-8-15)12(3)19-21-17-18-16(23)13(4)20-22-17/h5-8,11H,9-10H2,1-4H3,(H2,18,21,22,23)/b19-12-. The van der Waals surface area contributed by atoms with Gasteiger partial charge in [-0.3, -0.25) is 9.78 Å². The summed E-state index contributed by atoms with van der Waals surface area (Å²) in [6.45, 7) is 8.51. The van der Waals surface area contributed by atoms with Crippen molar-refractivity contribution in [3.8, 4) is 5.75 Å². The zero-order valence-electron chi connectivity index (χ0n) is 14.5. The number of anilines is 1. The van der Waals surface area contributed by atoms with Crippen LogP contribution in [0.25, 0.3) is 0 Å². The summed E-state index contributed by atoms with van der Waals surface area (Å²) in [5, 5.41) is 11.8. The fraction of sp³-hybridized carbons (Fsp3) is 0.412. The minimum absolute atomic E-state index is 0.207. The van der Waals surface area contributed by atoms with Crippen molar-refractivity contribution in [1.29, 1.82) is 0 Å². The highest BCUT2D eigenvalue weighted by atomic mass is 16.5. The molecule has 1 heterocycles. The van der Waals surface area contributed by atoms with E-state index in [4.69, 9.17) is 4.74 Å². The second-order valence-electron chi connectivity index (χ2n) is 5.95. The predicted octanol–water partition coefficient (Wildman–Crippen LogP) is 2.73. The number of aromatic amines is 1. The molecule has 0 unspecified atom stereocenters. The number of hydrazone groups is 1. The van der Waals surface area contributed by atoms with Crippen LogP contribution >= 0.6 is 0 Å². The van der Waals surface area contributed by atoms with Crippen LogP contribution in [0.1, 0.15) is 38.4 Å². The maximum absolute atomic E-state index is 11.5. The van der Waals surface area contributed by atoms with Gasteiger partial charge in [-0.1, -0.05) is 13.8 Å². The molecule has 0 bridgehead atoms. The van der Waals surface area contributed by atoms with Crippen molar-refractivity contribution in [2.24, 2.45) is 11.0 Å². The maximum atomic E-state index is 11.5. The highest BCUT2D eigenvalue weighted by molar-refractivity contribution is 5.99. The van der Waals surface area contributed by atoms with E-state index in [1.165, 1.54) is 0 Å². The van der Waals surface area contributed by atoms with E-state index in [0.29, 0.717) is 18.2 Å². The van der Waals surface area contributed by atoms with E-state index in [2.05, 4.69) is 39.6 Å². The van der Waals surface area contributed by atoms with E-state index < -0.39 is 0 Å². The molecule has 0 saturated carbocycles. The Morgan fingerprint density at radius 2 is 2.00 bits per heavy atom. The van der Waals surface area contributed by atoms with Gasteiger partial charge in [-0.25, -0.2) is 5.43 Å². The first-order valence-electron chi connectivity index (χ1n) is 7.93. The van der Waals surface area contributed by atoms with Crippen LogP contribution in [-0.2, 0) is 0 Å². The van der Waals surface area contributed by atoms with Crippen LogP contribution in [-0.4, -0.2) is 27.5 Å². The highest BCUT2D eigenvalue weighted by Crippen LogP contribution is 2.14. The molecule has 2 N–H and O–H groups in total. The molecule has 2 aromatic rings. The zero-order chi connectivity index (χ0) is 17.5. The molecule has 128 valence electrons. The highest BCUT2D eigenvalue weighted by Gasteiger charge is 2.02. The van der Waals surface area contributed by atoms with Crippen LogP contribution in [0, 0.1) is 12.8 Å². The van der Waals surface area contributed by atoms with Crippen molar-refractivity contribution in [2.45, 2.75) is 34.1 Å². The molecule has 0 aliphatic carbocycles.